The fourth-order valence-corrected chi connectivity index (χ4v) is 1.00. The van der Waals surface area contributed by atoms with Crippen LogP contribution in [-0.4, -0.2) is 46.2 Å². The normalized spacial score (nSPS) is 31.6. The van der Waals surface area contributed by atoms with Gasteiger partial charge in [0.2, 0.25) is 0 Å². The molecule has 0 saturated heterocycles. The van der Waals surface area contributed by atoms with Crippen molar-refractivity contribution in [1.29, 1.82) is 0 Å². The molecule has 1 aliphatic rings. The van der Waals surface area contributed by atoms with Crippen molar-refractivity contribution < 1.29 is 19.8 Å². The summed E-state index contributed by atoms with van der Waals surface area (Å²) < 4.78 is 0. The van der Waals surface area contributed by atoms with Gasteiger partial charge in [-0.15, -0.1) is 0 Å². The van der Waals surface area contributed by atoms with E-state index in [0.717, 1.165) is 0 Å². The van der Waals surface area contributed by atoms with Gasteiger partial charge < -0.3 is 10.2 Å². The number of aliphatic carboxylic acids is 2. The van der Waals surface area contributed by atoms with E-state index in [1.807, 2.05) is 0 Å². The zero-order valence-corrected chi connectivity index (χ0v) is 6.84. The molecule has 0 fully saturated rings. The third-order valence-electron chi connectivity index (χ3n) is 1.84. The maximum absolute atomic E-state index is 10.7. The van der Waals surface area contributed by atoms with Crippen LogP contribution in [0.1, 0.15) is 6.92 Å². The Morgan fingerprint density at radius 3 is 2.38 bits per heavy atom. The molecule has 1 heterocycles. The first-order valence-electron chi connectivity index (χ1n) is 3.51. The van der Waals surface area contributed by atoms with Crippen LogP contribution >= 0.6 is 0 Å². The second-order valence-electron chi connectivity index (χ2n) is 2.77. The Balaban J connectivity index is 3.07. The first kappa shape index (κ1) is 9.37. The van der Waals surface area contributed by atoms with Crippen molar-refractivity contribution in [3.8, 4) is 0 Å². The van der Waals surface area contributed by atoms with Crippen LogP contribution in [-0.2, 0) is 9.59 Å². The number of hydrogen-bond donors (Lipinski definition) is 2. The Kier molecular flexibility index (Phi) is 2.14. The predicted octanol–water partition coefficient (Wildman–Crippen LogP) is -0.562. The number of carboxylic acid groups (broad SMARTS) is 2. The van der Waals surface area contributed by atoms with Gasteiger partial charge in [-0.05, 0) is 6.92 Å². The molecular formula is C7H8N2O4. The van der Waals surface area contributed by atoms with E-state index in [4.69, 9.17) is 10.2 Å². The van der Waals surface area contributed by atoms with Crippen LogP contribution in [0.3, 0.4) is 0 Å². The minimum atomic E-state index is -1.69. The van der Waals surface area contributed by atoms with Crippen molar-refractivity contribution in [3.05, 3.63) is 0 Å². The van der Waals surface area contributed by atoms with Crippen LogP contribution in [0, 0.1) is 0 Å². The van der Waals surface area contributed by atoms with Gasteiger partial charge in [0.05, 0.1) is 0 Å². The van der Waals surface area contributed by atoms with E-state index < -0.39 is 23.5 Å². The predicted molar refractivity (Wildman–Crippen MR) is 44.4 cm³/mol. The molecule has 2 unspecified atom stereocenters. The number of aliphatic imine (C=N–C) groups is 2. The monoisotopic (exact) mass is 184 g/mol. The number of carboxylic acids is 2. The van der Waals surface area contributed by atoms with Gasteiger partial charge in [0.15, 0.2) is 11.6 Å². The third-order valence-corrected chi connectivity index (χ3v) is 1.84. The summed E-state index contributed by atoms with van der Waals surface area (Å²) in [6.07, 6.45) is 2.37. The molecule has 0 bridgehead atoms. The summed E-state index contributed by atoms with van der Waals surface area (Å²) in [4.78, 5) is 28.5. The average Bonchev–Trinajstić information content (AvgIpc) is 2.04. The fraction of sp³-hybridized carbons (Fsp3) is 0.429. The molecule has 0 amide bonds. The summed E-state index contributed by atoms with van der Waals surface area (Å²) in [5, 5.41) is 17.4. The first-order valence-corrected chi connectivity index (χ1v) is 3.51. The molecule has 2 N–H and O–H groups in total. The highest BCUT2D eigenvalue weighted by Gasteiger charge is 2.46. The lowest BCUT2D eigenvalue weighted by Gasteiger charge is -2.25. The standard InChI is InChI=1S/C7H8N2O4/c1-7(6(12)13)4(5(10)11)8-2-3-9-7/h2-4H,1H3,(H,10,11)(H,12,13). The number of hydrogen-bond acceptors (Lipinski definition) is 4. The minimum absolute atomic E-state index is 1.18. The summed E-state index contributed by atoms with van der Waals surface area (Å²) in [6, 6.07) is -1.35. The molecule has 70 valence electrons. The van der Waals surface area contributed by atoms with Crippen LogP contribution in [0.5, 0.6) is 0 Å². The molecule has 0 aromatic heterocycles. The third kappa shape index (κ3) is 1.42. The zero-order valence-electron chi connectivity index (χ0n) is 6.84. The fourth-order valence-electron chi connectivity index (χ4n) is 1.00. The van der Waals surface area contributed by atoms with Crippen molar-refractivity contribution in [2.24, 2.45) is 9.98 Å². The van der Waals surface area contributed by atoms with Crippen molar-refractivity contribution in [2.45, 2.75) is 18.5 Å². The molecular weight excluding hydrogens is 176 g/mol. The number of carbonyl (C=O) groups is 2. The second kappa shape index (κ2) is 2.96. The van der Waals surface area contributed by atoms with E-state index >= 15 is 0 Å². The topological polar surface area (TPSA) is 99.3 Å². The largest absolute Gasteiger partial charge is 0.480 e. The number of nitrogens with zero attached hydrogens (tertiary/aromatic N) is 2. The molecule has 0 aromatic carbocycles. The summed E-state index contributed by atoms with van der Waals surface area (Å²) in [7, 11) is 0. The van der Waals surface area contributed by atoms with E-state index in [1.54, 1.807) is 0 Å². The summed E-state index contributed by atoms with van der Waals surface area (Å²) in [5.74, 6) is -2.59. The van der Waals surface area contributed by atoms with Gasteiger partial charge in [0.25, 0.3) is 0 Å². The summed E-state index contributed by atoms with van der Waals surface area (Å²) in [6.45, 7) is 1.22. The van der Waals surface area contributed by atoms with E-state index in [1.165, 1.54) is 19.4 Å². The van der Waals surface area contributed by atoms with Gasteiger partial charge in [-0.3, -0.25) is 9.98 Å². The van der Waals surface area contributed by atoms with Crippen LogP contribution in [0.25, 0.3) is 0 Å². The van der Waals surface area contributed by atoms with Gasteiger partial charge >= 0.3 is 11.9 Å². The quantitative estimate of drug-likeness (QED) is 0.600. The molecule has 0 aromatic rings. The van der Waals surface area contributed by atoms with E-state index in [-0.39, 0.29) is 0 Å². The summed E-state index contributed by atoms with van der Waals surface area (Å²) >= 11 is 0. The van der Waals surface area contributed by atoms with Crippen LogP contribution < -0.4 is 0 Å². The molecule has 0 spiro atoms. The molecule has 1 rings (SSSR count). The Hall–Kier alpha value is -1.72. The van der Waals surface area contributed by atoms with Gasteiger partial charge in [-0.1, -0.05) is 0 Å². The van der Waals surface area contributed by atoms with Gasteiger partial charge in [0, 0.05) is 12.4 Å². The zero-order chi connectivity index (χ0) is 10.1. The maximum atomic E-state index is 10.7. The van der Waals surface area contributed by atoms with Gasteiger partial charge in [0.1, 0.15) is 0 Å². The van der Waals surface area contributed by atoms with E-state index in [9.17, 15) is 9.59 Å². The molecule has 0 aliphatic carbocycles. The molecule has 13 heavy (non-hydrogen) atoms. The highest BCUT2D eigenvalue weighted by molar-refractivity contribution is 6.18. The molecule has 2 atom stereocenters. The molecule has 6 nitrogen and oxygen atoms in total. The highest BCUT2D eigenvalue weighted by Crippen LogP contribution is 2.21. The molecule has 0 saturated carbocycles. The molecule has 6 heteroatoms. The van der Waals surface area contributed by atoms with Crippen molar-refractivity contribution in [3.63, 3.8) is 0 Å². The van der Waals surface area contributed by atoms with Crippen LogP contribution in [0.2, 0.25) is 0 Å². The van der Waals surface area contributed by atoms with Crippen LogP contribution in [0.15, 0.2) is 9.98 Å². The van der Waals surface area contributed by atoms with Gasteiger partial charge in [-0.25, -0.2) is 9.59 Å². The van der Waals surface area contributed by atoms with Crippen LogP contribution in [0.4, 0.5) is 0 Å². The summed E-state index contributed by atoms with van der Waals surface area (Å²) in [5.41, 5.74) is -1.69. The molecule has 0 radical (unpaired) electrons. The average molecular weight is 184 g/mol. The smallest absolute Gasteiger partial charge is 0.334 e. The second-order valence-corrected chi connectivity index (χ2v) is 2.77. The van der Waals surface area contributed by atoms with Crippen molar-refractivity contribution >= 4 is 24.4 Å². The number of rotatable bonds is 2. The van der Waals surface area contributed by atoms with Crippen molar-refractivity contribution in [1.82, 2.24) is 0 Å². The Morgan fingerprint density at radius 1 is 1.38 bits per heavy atom. The Labute approximate surface area is 73.6 Å². The SMILES string of the molecule is CC1(C(=O)O)N=CC=NC1C(=O)O. The first-order chi connectivity index (χ1) is 5.98. The van der Waals surface area contributed by atoms with Crippen molar-refractivity contribution in [2.75, 3.05) is 0 Å². The van der Waals surface area contributed by atoms with Gasteiger partial charge in [-0.2, -0.15) is 0 Å². The maximum Gasteiger partial charge on any atom is 0.334 e. The Morgan fingerprint density at radius 2 is 2.00 bits per heavy atom. The molecule has 1 aliphatic heterocycles. The highest BCUT2D eigenvalue weighted by atomic mass is 16.4. The lowest BCUT2D eigenvalue weighted by atomic mass is 9.93. The lowest BCUT2D eigenvalue weighted by Crippen LogP contribution is -2.50. The van der Waals surface area contributed by atoms with E-state index in [0.29, 0.717) is 0 Å². The minimum Gasteiger partial charge on any atom is -0.480 e. The van der Waals surface area contributed by atoms with E-state index in [2.05, 4.69) is 9.98 Å². The Bertz CT molecular complexity index is 310. The lowest BCUT2D eigenvalue weighted by molar-refractivity contribution is -0.150.